The number of ether oxygens (including phenoxy) is 1. The number of aromatic nitrogens is 2. The summed E-state index contributed by atoms with van der Waals surface area (Å²) in [4.78, 5) is 40.5. The molecule has 0 radical (unpaired) electrons. The highest BCUT2D eigenvalue weighted by Crippen LogP contribution is 1.91. The molecule has 1 unspecified atom stereocenters. The van der Waals surface area contributed by atoms with E-state index in [2.05, 4.69) is 25.3 Å². The lowest BCUT2D eigenvalue weighted by atomic mass is 10.3. The molecule has 1 aromatic rings. The van der Waals surface area contributed by atoms with E-state index < -0.39 is 12.1 Å². The summed E-state index contributed by atoms with van der Waals surface area (Å²) in [6.07, 6.45) is -0.273. The Morgan fingerprint density at radius 2 is 2.20 bits per heavy atom. The minimum atomic E-state index is -0.702. The Morgan fingerprint density at radius 1 is 1.50 bits per heavy atom. The number of amides is 2. The van der Waals surface area contributed by atoms with E-state index in [-0.39, 0.29) is 11.5 Å². The zero-order valence-electron chi connectivity index (χ0n) is 11.6. The molecule has 0 saturated carbocycles. The number of aryl methyl sites for hydroxylation is 1. The number of hydrogen-bond acceptors (Lipinski definition) is 5. The number of methoxy groups -OCH3 is 1. The van der Waals surface area contributed by atoms with Crippen LogP contribution in [0.3, 0.4) is 0 Å². The summed E-state index contributed by atoms with van der Waals surface area (Å²) in [5, 5.41) is 4.98. The predicted octanol–water partition coefficient (Wildman–Crippen LogP) is -0.518. The van der Waals surface area contributed by atoms with Gasteiger partial charge in [0.1, 0.15) is 11.9 Å². The average molecular weight is 282 g/mol. The van der Waals surface area contributed by atoms with Gasteiger partial charge in [0.2, 0.25) is 5.91 Å². The Morgan fingerprint density at radius 3 is 2.80 bits per heavy atom. The Balaban J connectivity index is 2.41. The van der Waals surface area contributed by atoms with E-state index in [1.54, 1.807) is 13.8 Å². The van der Waals surface area contributed by atoms with E-state index in [9.17, 15) is 14.4 Å². The first-order chi connectivity index (χ1) is 9.42. The second-order valence-electron chi connectivity index (χ2n) is 4.23. The van der Waals surface area contributed by atoms with Crippen LogP contribution in [0.15, 0.2) is 10.9 Å². The molecule has 0 aromatic carbocycles. The maximum absolute atomic E-state index is 11.6. The van der Waals surface area contributed by atoms with Crippen LogP contribution in [0.1, 0.15) is 18.4 Å². The minimum absolute atomic E-state index is 0.223. The largest absolute Gasteiger partial charge is 0.453 e. The van der Waals surface area contributed by atoms with E-state index in [0.29, 0.717) is 24.5 Å². The Hall–Kier alpha value is -2.38. The number of aromatic amines is 1. The standard InChI is InChI=1S/C12H18N4O4/c1-7-6-10(17)16-9(14-7)4-5-13-11(18)8(2)15-12(19)20-3/h6,8H,4-5H2,1-3H3,(H,13,18)(H,15,19)(H,14,16,17). The molecule has 0 aliphatic carbocycles. The Labute approximate surface area is 115 Å². The highest BCUT2D eigenvalue weighted by molar-refractivity contribution is 5.85. The van der Waals surface area contributed by atoms with E-state index in [4.69, 9.17) is 0 Å². The van der Waals surface area contributed by atoms with Gasteiger partial charge in [0.05, 0.1) is 7.11 Å². The van der Waals surface area contributed by atoms with Gasteiger partial charge in [-0.3, -0.25) is 9.59 Å². The smallest absolute Gasteiger partial charge is 0.407 e. The normalized spacial score (nSPS) is 11.6. The lowest BCUT2D eigenvalue weighted by molar-refractivity contribution is -0.122. The van der Waals surface area contributed by atoms with Crippen molar-refractivity contribution in [1.82, 2.24) is 20.6 Å². The Kier molecular flexibility index (Phi) is 5.70. The third-order valence-corrected chi connectivity index (χ3v) is 2.49. The van der Waals surface area contributed by atoms with Gasteiger partial charge in [-0.2, -0.15) is 0 Å². The number of hydrogen-bond donors (Lipinski definition) is 3. The summed E-state index contributed by atoms with van der Waals surface area (Å²) in [7, 11) is 1.22. The summed E-state index contributed by atoms with van der Waals surface area (Å²) in [6, 6.07) is 0.691. The first-order valence-corrected chi connectivity index (χ1v) is 6.11. The van der Waals surface area contributed by atoms with E-state index >= 15 is 0 Å². The third-order valence-electron chi connectivity index (χ3n) is 2.49. The average Bonchev–Trinajstić information content (AvgIpc) is 2.37. The molecule has 0 spiro atoms. The molecular weight excluding hydrogens is 264 g/mol. The fraction of sp³-hybridized carbons (Fsp3) is 0.500. The maximum Gasteiger partial charge on any atom is 0.407 e. The van der Waals surface area contributed by atoms with Gasteiger partial charge < -0.3 is 20.4 Å². The zero-order chi connectivity index (χ0) is 15.1. The van der Waals surface area contributed by atoms with Gasteiger partial charge in [0.15, 0.2) is 0 Å². The van der Waals surface area contributed by atoms with Crippen LogP contribution in [0.4, 0.5) is 4.79 Å². The molecule has 1 aromatic heterocycles. The lowest BCUT2D eigenvalue weighted by Crippen LogP contribution is -2.45. The van der Waals surface area contributed by atoms with Crippen molar-refractivity contribution in [3.05, 3.63) is 27.9 Å². The molecule has 0 aliphatic heterocycles. The molecule has 1 atom stereocenters. The quantitative estimate of drug-likeness (QED) is 0.672. The molecular formula is C12H18N4O4. The lowest BCUT2D eigenvalue weighted by Gasteiger charge is -2.12. The molecule has 0 fully saturated rings. The molecule has 110 valence electrons. The summed E-state index contributed by atoms with van der Waals surface area (Å²) >= 11 is 0. The molecule has 1 rings (SSSR count). The molecule has 3 N–H and O–H groups in total. The van der Waals surface area contributed by atoms with Crippen molar-refractivity contribution in [2.75, 3.05) is 13.7 Å². The number of carbonyl (C=O) groups is 2. The van der Waals surface area contributed by atoms with E-state index in [0.717, 1.165) is 0 Å². The molecule has 2 amide bonds. The molecule has 1 heterocycles. The van der Waals surface area contributed by atoms with Crippen LogP contribution in [-0.2, 0) is 16.0 Å². The van der Waals surface area contributed by atoms with Gasteiger partial charge in [-0.15, -0.1) is 0 Å². The first-order valence-electron chi connectivity index (χ1n) is 6.11. The molecule has 0 bridgehead atoms. The van der Waals surface area contributed by atoms with Gasteiger partial charge in [0, 0.05) is 24.7 Å². The molecule has 0 saturated heterocycles. The van der Waals surface area contributed by atoms with Gasteiger partial charge in [-0.05, 0) is 13.8 Å². The van der Waals surface area contributed by atoms with E-state index in [1.807, 2.05) is 0 Å². The van der Waals surface area contributed by atoms with Crippen molar-refractivity contribution in [3.8, 4) is 0 Å². The van der Waals surface area contributed by atoms with Gasteiger partial charge >= 0.3 is 6.09 Å². The van der Waals surface area contributed by atoms with Crippen molar-refractivity contribution in [3.63, 3.8) is 0 Å². The summed E-state index contributed by atoms with van der Waals surface area (Å²) < 4.78 is 4.39. The fourth-order valence-electron chi connectivity index (χ4n) is 1.52. The monoisotopic (exact) mass is 282 g/mol. The number of carbonyl (C=O) groups excluding carboxylic acids is 2. The molecule has 8 heteroatoms. The Bertz CT molecular complexity index is 541. The van der Waals surface area contributed by atoms with Crippen molar-refractivity contribution >= 4 is 12.0 Å². The molecule has 8 nitrogen and oxygen atoms in total. The van der Waals surface area contributed by atoms with Crippen LogP contribution in [0, 0.1) is 6.92 Å². The highest BCUT2D eigenvalue weighted by atomic mass is 16.5. The van der Waals surface area contributed by atoms with Crippen molar-refractivity contribution in [2.24, 2.45) is 0 Å². The third kappa shape index (κ3) is 5.09. The molecule has 20 heavy (non-hydrogen) atoms. The van der Waals surface area contributed by atoms with Crippen LogP contribution in [-0.4, -0.2) is 41.7 Å². The van der Waals surface area contributed by atoms with Crippen molar-refractivity contribution in [2.45, 2.75) is 26.3 Å². The van der Waals surface area contributed by atoms with Crippen LogP contribution >= 0.6 is 0 Å². The number of rotatable bonds is 5. The summed E-state index contributed by atoms with van der Waals surface area (Å²) in [5.74, 6) is 0.161. The van der Waals surface area contributed by atoms with E-state index in [1.165, 1.54) is 13.2 Å². The summed E-state index contributed by atoms with van der Waals surface area (Å²) in [6.45, 7) is 3.57. The number of nitrogens with one attached hydrogen (secondary N) is 3. The SMILES string of the molecule is COC(=O)NC(C)C(=O)NCCc1nc(C)cc(=O)[nH]1. The molecule has 0 aliphatic rings. The second-order valence-corrected chi connectivity index (χ2v) is 4.23. The predicted molar refractivity (Wildman–Crippen MR) is 71.3 cm³/mol. The number of nitrogens with zero attached hydrogens (tertiary/aromatic N) is 1. The zero-order valence-corrected chi connectivity index (χ0v) is 11.6. The first kappa shape index (κ1) is 15.7. The van der Waals surface area contributed by atoms with Crippen LogP contribution in [0.5, 0.6) is 0 Å². The van der Waals surface area contributed by atoms with Gasteiger partial charge in [-0.25, -0.2) is 9.78 Å². The minimum Gasteiger partial charge on any atom is -0.453 e. The summed E-state index contributed by atoms with van der Waals surface area (Å²) in [5.41, 5.74) is 0.398. The number of alkyl carbamates (subject to hydrolysis) is 1. The number of H-pyrrole nitrogens is 1. The highest BCUT2D eigenvalue weighted by Gasteiger charge is 2.15. The van der Waals surface area contributed by atoms with Crippen LogP contribution in [0.2, 0.25) is 0 Å². The topological polar surface area (TPSA) is 113 Å². The van der Waals surface area contributed by atoms with Gasteiger partial charge in [-0.1, -0.05) is 0 Å². The van der Waals surface area contributed by atoms with Gasteiger partial charge in [0.25, 0.3) is 5.56 Å². The fourth-order valence-corrected chi connectivity index (χ4v) is 1.52. The maximum atomic E-state index is 11.6. The van der Waals surface area contributed by atoms with Crippen LogP contribution < -0.4 is 16.2 Å². The second kappa shape index (κ2) is 7.27. The van der Waals surface area contributed by atoms with Crippen molar-refractivity contribution in [1.29, 1.82) is 0 Å². The van der Waals surface area contributed by atoms with Crippen LogP contribution in [0.25, 0.3) is 0 Å². The van der Waals surface area contributed by atoms with Crippen molar-refractivity contribution < 1.29 is 14.3 Å².